The first-order valence-electron chi connectivity index (χ1n) is 10.9. The summed E-state index contributed by atoms with van der Waals surface area (Å²) in [5, 5.41) is 2.60. The number of alkyl halides is 3. The van der Waals surface area contributed by atoms with Crippen molar-refractivity contribution in [3.8, 4) is 0 Å². The second kappa shape index (κ2) is 10.5. The van der Waals surface area contributed by atoms with Gasteiger partial charge in [-0.1, -0.05) is 48.5 Å². The first-order chi connectivity index (χ1) is 16.8. The van der Waals surface area contributed by atoms with Gasteiger partial charge in [-0.25, -0.2) is 9.18 Å². The lowest BCUT2D eigenvalue weighted by Gasteiger charge is -2.24. The Morgan fingerprint density at radius 3 is 2.29 bits per heavy atom. The summed E-state index contributed by atoms with van der Waals surface area (Å²) in [5.41, 5.74) is 1.82. The van der Waals surface area contributed by atoms with E-state index in [0.29, 0.717) is 6.54 Å². The Hall–Kier alpha value is -4.07. The third-order valence-corrected chi connectivity index (χ3v) is 5.49. The molecule has 1 heterocycles. The second-order valence-electron chi connectivity index (χ2n) is 8.10. The van der Waals surface area contributed by atoms with Gasteiger partial charge in [0.1, 0.15) is 5.82 Å². The summed E-state index contributed by atoms with van der Waals surface area (Å²) in [4.78, 5) is 14.7. The van der Waals surface area contributed by atoms with Gasteiger partial charge in [-0.2, -0.15) is 13.2 Å². The second-order valence-corrected chi connectivity index (χ2v) is 8.10. The van der Waals surface area contributed by atoms with Gasteiger partial charge in [0.2, 0.25) is 0 Å². The number of nitrogens with one attached hydrogen (secondary N) is 1. The predicted molar refractivity (Wildman–Crippen MR) is 126 cm³/mol. The Kier molecular flexibility index (Phi) is 7.19. The Bertz CT molecular complexity index is 1270. The van der Waals surface area contributed by atoms with Crippen LogP contribution in [0.1, 0.15) is 22.4 Å². The fourth-order valence-corrected chi connectivity index (χ4v) is 3.71. The molecule has 0 atom stereocenters. The van der Waals surface area contributed by atoms with E-state index in [4.69, 9.17) is 0 Å². The minimum Gasteiger partial charge on any atom is -0.345 e. The van der Waals surface area contributed by atoms with E-state index in [9.17, 15) is 22.4 Å². The van der Waals surface area contributed by atoms with E-state index in [2.05, 4.69) is 5.32 Å². The quantitative estimate of drug-likeness (QED) is 0.286. The molecule has 0 radical (unpaired) electrons. The largest absolute Gasteiger partial charge is 0.416 e. The fourth-order valence-electron chi connectivity index (χ4n) is 3.71. The smallest absolute Gasteiger partial charge is 0.345 e. The Balaban J connectivity index is 1.55. The molecule has 0 aliphatic carbocycles. The topological polar surface area (TPSA) is 37.3 Å². The molecule has 8 heteroatoms. The van der Waals surface area contributed by atoms with Crippen LogP contribution in [-0.4, -0.2) is 15.5 Å². The highest BCUT2D eigenvalue weighted by atomic mass is 19.4. The number of benzene rings is 3. The van der Waals surface area contributed by atoms with E-state index < -0.39 is 17.8 Å². The molecule has 0 aliphatic rings. The zero-order valence-corrected chi connectivity index (χ0v) is 18.7. The highest BCUT2D eigenvalue weighted by Gasteiger charge is 2.30. The molecule has 4 nitrogen and oxygen atoms in total. The van der Waals surface area contributed by atoms with E-state index in [1.807, 2.05) is 53.2 Å². The molecular formula is C27H23F4N3O. The molecule has 4 rings (SSSR count). The molecule has 0 saturated heterocycles. The van der Waals surface area contributed by atoms with Crippen molar-refractivity contribution in [2.45, 2.75) is 25.8 Å². The summed E-state index contributed by atoms with van der Waals surface area (Å²) < 4.78 is 54.5. The van der Waals surface area contributed by atoms with Crippen LogP contribution in [0.3, 0.4) is 0 Å². The number of carbonyl (C=O) groups excluding carboxylic acids is 1. The molecule has 180 valence electrons. The third kappa shape index (κ3) is 6.50. The maximum atomic E-state index is 13.3. The normalized spacial score (nSPS) is 11.3. The summed E-state index contributed by atoms with van der Waals surface area (Å²) in [6.45, 7) is 0.957. The maximum Gasteiger partial charge on any atom is 0.416 e. The van der Waals surface area contributed by atoms with Crippen molar-refractivity contribution >= 4 is 11.7 Å². The predicted octanol–water partition coefficient (Wildman–Crippen LogP) is 6.93. The van der Waals surface area contributed by atoms with Gasteiger partial charge in [-0.15, -0.1) is 0 Å². The SMILES string of the molecule is O=C(Nc1cccc(C(F)(F)F)c1)N(Cc1ccccc1)Cc1cccn1Cc1ccc(F)cc1. The van der Waals surface area contributed by atoms with Crippen LogP contribution in [0.4, 0.5) is 28.0 Å². The fraction of sp³-hybridized carbons (Fsp3) is 0.148. The first-order valence-corrected chi connectivity index (χ1v) is 10.9. The van der Waals surface area contributed by atoms with E-state index in [1.54, 1.807) is 12.1 Å². The van der Waals surface area contributed by atoms with E-state index in [1.165, 1.54) is 29.2 Å². The summed E-state index contributed by atoms with van der Waals surface area (Å²) >= 11 is 0. The van der Waals surface area contributed by atoms with Crippen molar-refractivity contribution in [3.63, 3.8) is 0 Å². The van der Waals surface area contributed by atoms with Gasteiger partial charge in [0.05, 0.1) is 12.1 Å². The lowest BCUT2D eigenvalue weighted by atomic mass is 10.2. The van der Waals surface area contributed by atoms with Crippen LogP contribution < -0.4 is 5.32 Å². The molecule has 1 aromatic heterocycles. The minimum absolute atomic E-state index is 0.0598. The molecule has 2 amide bonds. The monoisotopic (exact) mass is 481 g/mol. The van der Waals surface area contributed by atoms with Crippen LogP contribution in [0.15, 0.2) is 97.2 Å². The molecule has 0 bridgehead atoms. The van der Waals surface area contributed by atoms with E-state index in [-0.39, 0.29) is 24.6 Å². The average Bonchev–Trinajstić information content (AvgIpc) is 3.27. The molecule has 4 aromatic rings. The molecule has 1 N–H and O–H groups in total. The minimum atomic E-state index is -4.51. The lowest BCUT2D eigenvalue weighted by Crippen LogP contribution is -2.34. The van der Waals surface area contributed by atoms with Gasteiger partial charge in [-0.3, -0.25) is 0 Å². The highest BCUT2D eigenvalue weighted by molar-refractivity contribution is 5.89. The molecule has 0 aliphatic heterocycles. The van der Waals surface area contributed by atoms with Crippen LogP contribution in [0, 0.1) is 5.82 Å². The summed E-state index contributed by atoms with van der Waals surface area (Å²) in [5.74, 6) is -0.318. The number of urea groups is 1. The molecule has 0 unspecified atom stereocenters. The van der Waals surface area contributed by atoms with Crippen LogP contribution in [0.25, 0.3) is 0 Å². The van der Waals surface area contributed by atoms with Crippen LogP contribution in [0.5, 0.6) is 0 Å². The molecule has 35 heavy (non-hydrogen) atoms. The van der Waals surface area contributed by atoms with Crippen molar-refractivity contribution in [2.24, 2.45) is 0 Å². The van der Waals surface area contributed by atoms with Crippen LogP contribution >= 0.6 is 0 Å². The first kappa shape index (κ1) is 24.1. The number of rotatable bonds is 7. The number of nitrogens with zero attached hydrogens (tertiary/aromatic N) is 2. The van der Waals surface area contributed by atoms with Crippen molar-refractivity contribution < 1.29 is 22.4 Å². The number of halogens is 4. The maximum absolute atomic E-state index is 13.3. The van der Waals surface area contributed by atoms with E-state index >= 15 is 0 Å². The van der Waals surface area contributed by atoms with Crippen molar-refractivity contribution in [1.29, 1.82) is 0 Å². The van der Waals surface area contributed by atoms with Gasteiger partial charge in [0, 0.05) is 30.7 Å². The zero-order chi connectivity index (χ0) is 24.8. The number of hydrogen-bond acceptors (Lipinski definition) is 1. The molecule has 0 spiro atoms. The van der Waals surface area contributed by atoms with Gasteiger partial charge in [0.15, 0.2) is 0 Å². The summed E-state index contributed by atoms with van der Waals surface area (Å²) in [7, 11) is 0. The van der Waals surface area contributed by atoms with Gasteiger partial charge >= 0.3 is 12.2 Å². The van der Waals surface area contributed by atoms with Gasteiger partial charge in [-0.05, 0) is 53.6 Å². The molecular weight excluding hydrogens is 458 g/mol. The zero-order valence-electron chi connectivity index (χ0n) is 18.7. The number of aromatic nitrogens is 1. The average molecular weight is 481 g/mol. The highest BCUT2D eigenvalue weighted by Crippen LogP contribution is 2.30. The van der Waals surface area contributed by atoms with Crippen molar-refractivity contribution in [1.82, 2.24) is 9.47 Å². The van der Waals surface area contributed by atoms with Gasteiger partial charge < -0.3 is 14.8 Å². The third-order valence-electron chi connectivity index (χ3n) is 5.49. The number of hydrogen-bond donors (Lipinski definition) is 1. The van der Waals surface area contributed by atoms with Crippen molar-refractivity contribution in [3.05, 3.63) is 125 Å². The summed E-state index contributed by atoms with van der Waals surface area (Å²) in [6.07, 6.45) is -2.64. The molecule has 0 saturated carbocycles. The van der Waals surface area contributed by atoms with Crippen LogP contribution in [0.2, 0.25) is 0 Å². The number of amides is 2. The van der Waals surface area contributed by atoms with Gasteiger partial charge in [0.25, 0.3) is 0 Å². The Labute approximate surface area is 200 Å². The van der Waals surface area contributed by atoms with Crippen molar-refractivity contribution in [2.75, 3.05) is 5.32 Å². The molecule has 3 aromatic carbocycles. The lowest BCUT2D eigenvalue weighted by molar-refractivity contribution is -0.137. The number of carbonyl (C=O) groups is 1. The standard InChI is InChI=1S/C27H23F4N3O/c28-23-13-11-21(12-14-23)17-33-15-5-10-25(33)19-34(18-20-6-2-1-3-7-20)26(35)32-24-9-4-8-22(16-24)27(29,30)31/h1-16H,17-19H2,(H,32,35). The van der Waals surface area contributed by atoms with Crippen LogP contribution in [-0.2, 0) is 25.8 Å². The Morgan fingerprint density at radius 2 is 1.57 bits per heavy atom. The summed E-state index contributed by atoms with van der Waals surface area (Å²) in [6, 6.07) is 23.3. The van der Waals surface area contributed by atoms with E-state index in [0.717, 1.165) is 29.0 Å². The molecule has 0 fully saturated rings. The number of anilines is 1. The Morgan fingerprint density at radius 1 is 0.829 bits per heavy atom.